The number of ether oxygens (including phenoxy) is 1. The van der Waals surface area contributed by atoms with E-state index in [9.17, 15) is 4.79 Å². The van der Waals surface area contributed by atoms with E-state index in [0.29, 0.717) is 6.42 Å². The van der Waals surface area contributed by atoms with E-state index in [0.717, 1.165) is 20.6 Å². The summed E-state index contributed by atoms with van der Waals surface area (Å²) in [5.41, 5.74) is 1.84. The van der Waals surface area contributed by atoms with Gasteiger partial charge in [-0.05, 0) is 64.6 Å². The van der Waals surface area contributed by atoms with Crippen molar-refractivity contribution in [1.29, 1.82) is 0 Å². The van der Waals surface area contributed by atoms with Gasteiger partial charge in [0.2, 0.25) is 0 Å². The van der Waals surface area contributed by atoms with Crippen molar-refractivity contribution in [1.82, 2.24) is 0 Å². The highest BCUT2D eigenvalue weighted by atomic mass is 127. The van der Waals surface area contributed by atoms with Crippen LogP contribution in [0.3, 0.4) is 0 Å². The zero-order valence-corrected chi connectivity index (χ0v) is 16.6. The minimum Gasteiger partial charge on any atom is -0.560 e. The average Bonchev–Trinajstić information content (AvgIpc) is 2.64. The molecule has 0 heterocycles. The van der Waals surface area contributed by atoms with Crippen LogP contribution in [-0.4, -0.2) is 40.6 Å². The molecule has 0 spiro atoms. The molecule has 7 heteroatoms. The number of rotatable bonds is 7. The fourth-order valence-electron chi connectivity index (χ4n) is 2.38. The summed E-state index contributed by atoms with van der Waals surface area (Å²) in [5, 5.41) is 0. The van der Waals surface area contributed by atoms with Crippen molar-refractivity contribution in [2.24, 2.45) is 4.99 Å². The number of nitrogens with zero attached hydrogens (tertiary/aromatic N) is 2. The first-order valence-corrected chi connectivity index (χ1v) is 8.83. The summed E-state index contributed by atoms with van der Waals surface area (Å²) in [6.45, 7) is 0. The maximum absolute atomic E-state index is 12.9. The minimum absolute atomic E-state index is 0.0997. The van der Waals surface area contributed by atoms with Crippen LogP contribution in [0, 0.1) is 3.57 Å². The van der Waals surface area contributed by atoms with Gasteiger partial charge in [0.1, 0.15) is 11.8 Å². The number of methoxy groups -OCH3 is 1. The molecule has 0 radical (unpaired) electrons. The van der Waals surface area contributed by atoms with Gasteiger partial charge in [0.15, 0.2) is 6.40 Å². The van der Waals surface area contributed by atoms with Gasteiger partial charge >= 0.3 is 8.05 Å². The van der Waals surface area contributed by atoms with Crippen molar-refractivity contribution in [3.05, 3.63) is 57.7 Å². The van der Waals surface area contributed by atoms with E-state index in [1.165, 1.54) is 14.4 Å². The van der Waals surface area contributed by atoms with Gasteiger partial charge in [0.05, 0.1) is 7.11 Å². The number of aliphatic imine (C=N–C) groups is 1. The average molecular weight is 450 g/mol. The second-order valence-corrected chi connectivity index (χ2v) is 6.68. The quantitative estimate of drug-likeness (QED) is 0.282. The standard InChI is InChI=1S/C18H20BIN2O3/c1-22(15-6-8-16(24-2)9-7-15)18(23)17(21-12-25-19)11-13-4-3-5-14(20)10-13/h3-10,12,17H,11,19H2,1-2H3/t17-/m0/s1. The van der Waals surface area contributed by atoms with E-state index < -0.39 is 6.04 Å². The molecule has 25 heavy (non-hydrogen) atoms. The third-order valence-electron chi connectivity index (χ3n) is 3.74. The summed E-state index contributed by atoms with van der Waals surface area (Å²) in [4.78, 5) is 18.8. The lowest BCUT2D eigenvalue weighted by Gasteiger charge is -2.22. The van der Waals surface area contributed by atoms with Crippen LogP contribution >= 0.6 is 22.6 Å². The Morgan fingerprint density at radius 3 is 2.64 bits per heavy atom. The second kappa shape index (κ2) is 9.46. The zero-order valence-electron chi connectivity index (χ0n) is 14.5. The van der Waals surface area contributed by atoms with Crippen LogP contribution in [0.5, 0.6) is 5.75 Å². The van der Waals surface area contributed by atoms with Gasteiger partial charge in [-0.3, -0.25) is 4.79 Å². The van der Waals surface area contributed by atoms with Gasteiger partial charge in [-0.1, -0.05) is 12.1 Å². The summed E-state index contributed by atoms with van der Waals surface area (Å²) >= 11 is 2.26. The van der Waals surface area contributed by atoms with Crippen LogP contribution in [-0.2, 0) is 15.9 Å². The first-order chi connectivity index (χ1) is 12.0. The number of halogens is 1. The van der Waals surface area contributed by atoms with Crippen LogP contribution in [0.1, 0.15) is 5.56 Å². The van der Waals surface area contributed by atoms with Gasteiger partial charge in [0, 0.05) is 22.7 Å². The van der Waals surface area contributed by atoms with E-state index in [4.69, 9.17) is 9.39 Å². The van der Waals surface area contributed by atoms with Crippen LogP contribution in [0.2, 0.25) is 0 Å². The molecule has 2 aromatic carbocycles. The van der Waals surface area contributed by atoms with Crippen LogP contribution in [0.4, 0.5) is 5.69 Å². The molecule has 0 fully saturated rings. The molecule has 0 unspecified atom stereocenters. The molecule has 0 aliphatic heterocycles. The Hall–Kier alpha value is -2.03. The van der Waals surface area contributed by atoms with Gasteiger partial charge in [-0.25, -0.2) is 4.99 Å². The minimum atomic E-state index is -0.551. The number of hydrogen-bond donors (Lipinski definition) is 0. The summed E-state index contributed by atoms with van der Waals surface area (Å²) in [5.74, 6) is 0.648. The lowest BCUT2D eigenvalue weighted by molar-refractivity contribution is -0.119. The number of benzene rings is 2. The van der Waals surface area contributed by atoms with Gasteiger partial charge in [-0.2, -0.15) is 0 Å². The first-order valence-electron chi connectivity index (χ1n) is 7.75. The van der Waals surface area contributed by atoms with E-state index in [1.807, 2.05) is 42.5 Å². The van der Waals surface area contributed by atoms with E-state index >= 15 is 0 Å². The second-order valence-electron chi connectivity index (χ2n) is 5.44. The molecule has 0 bridgehead atoms. The van der Waals surface area contributed by atoms with Crippen molar-refractivity contribution in [2.75, 3.05) is 19.1 Å². The monoisotopic (exact) mass is 450 g/mol. The molecule has 1 atom stereocenters. The number of carbonyl (C=O) groups excluding carboxylic acids is 1. The molecule has 0 aliphatic rings. The zero-order chi connectivity index (χ0) is 18.2. The largest absolute Gasteiger partial charge is 0.560 e. The molecular formula is C18H20BIN2O3. The molecule has 0 saturated heterocycles. The molecule has 130 valence electrons. The van der Waals surface area contributed by atoms with Crippen molar-refractivity contribution < 1.29 is 14.2 Å². The number of carbonyl (C=O) groups is 1. The number of anilines is 1. The van der Waals surface area contributed by atoms with Crippen molar-refractivity contribution in [3.63, 3.8) is 0 Å². The maximum Gasteiger partial charge on any atom is 0.323 e. The lowest BCUT2D eigenvalue weighted by atomic mass is 10.1. The van der Waals surface area contributed by atoms with Crippen LogP contribution < -0.4 is 9.64 Å². The normalized spacial score (nSPS) is 12.0. The van der Waals surface area contributed by atoms with Crippen molar-refractivity contribution in [3.8, 4) is 5.75 Å². The molecule has 2 rings (SSSR count). The molecule has 0 aromatic heterocycles. The summed E-state index contributed by atoms with van der Waals surface area (Å²) in [7, 11) is 4.87. The number of amides is 1. The molecule has 0 saturated carbocycles. The molecular weight excluding hydrogens is 430 g/mol. The molecule has 1 amide bonds. The highest BCUT2D eigenvalue weighted by molar-refractivity contribution is 14.1. The van der Waals surface area contributed by atoms with E-state index in [1.54, 1.807) is 19.1 Å². The number of hydrogen-bond acceptors (Lipinski definition) is 4. The summed E-state index contributed by atoms with van der Waals surface area (Å²) in [6, 6.07) is 14.8. The fourth-order valence-corrected chi connectivity index (χ4v) is 2.99. The first kappa shape index (κ1) is 19.3. The SMILES string of the molecule is BOC=N[C@@H](Cc1cccc(I)c1)C(=O)N(C)c1ccc(OC)cc1. The van der Waals surface area contributed by atoms with Crippen LogP contribution in [0.25, 0.3) is 0 Å². The van der Waals surface area contributed by atoms with E-state index in [2.05, 4.69) is 33.6 Å². The Balaban J connectivity index is 2.20. The van der Waals surface area contributed by atoms with Gasteiger partial charge < -0.3 is 14.3 Å². The highest BCUT2D eigenvalue weighted by Crippen LogP contribution is 2.20. The Labute approximate surface area is 162 Å². The maximum atomic E-state index is 12.9. The topological polar surface area (TPSA) is 51.1 Å². The van der Waals surface area contributed by atoms with Gasteiger partial charge in [0.25, 0.3) is 5.91 Å². The lowest BCUT2D eigenvalue weighted by Crippen LogP contribution is -2.37. The Kier molecular flexibility index (Phi) is 7.30. The predicted molar refractivity (Wildman–Crippen MR) is 111 cm³/mol. The molecule has 0 aliphatic carbocycles. The Morgan fingerprint density at radius 1 is 1.32 bits per heavy atom. The Bertz CT molecular complexity index is 737. The molecule has 5 nitrogen and oxygen atoms in total. The van der Waals surface area contributed by atoms with Crippen LogP contribution in [0.15, 0.2) is 53.5 Å². The highest BCUT2D eigenvalue weighted by Gasteiger charge is 2.23. The fraction of sp³-hybridized carbons (Fsp3) is 0.222. The van der Waals surface area contributed by atoms with Gasteiger partial charge in [-0.15, -0.1) is 0 Å². The molecule has 0 N–H and O–H groups in total. The summed E-state index contributed by atoms with van der Waals surface area (Å²) in [6.07, 6.45) is 1.83. The third kappa shape index (κ3) is 5.49. The van der Waals surface area contributed by atoms with Crippen molar-refractivity contribution >= 4 is 48.6 Å². The summed E-state index contributed by atoms with van der Waals surface area (Å²) < 4.78 is 11.2. The smallest absolute Gasteiger partial charge is 0.323 e. The molecule has 2 aromatic rings. The van der Waals surface area contributed by atoms with Crippen molar-refractivity contribution in [2.45, 2.75) is 12.5 Å². The third-order valence-corrected chi connectivity index (χ3v) is 4.41. The predicted octanol–water partition coefficient (Wildman–Crippen LogP) is 2.47. The Morgan fingerprint density at radius 2 is 2.04 bits per heavy atom. The number of likely N-dealkylation sites (N-methyl/N-ethyl adjacent to an activating group) is 1. The van der Waals surface area contributed by atoms with E-state index in [-0.39, 0.29) is 5.91 Å².